The van der Waals surface area contributed by atoms with Gasteiger partial charge < -0.3 is 4.74 Å². The Balaban J connectivity index is 1.98. The van der Waals surface area contributed by atoms with E-state index in [1.165, 1.54) is 19.3 Å². The minimum atomic E-state index is -3.38. The van der Waals surface area contributed by atoms with Crippen LogP contribution in [0, 0.1) is 0 Å². The molecule has 0 aliphatic heterocycles. The molecule has 0 unspecified atom stereocenters. The van der Waals surface area contributed by atoms with Crippen LogP contribution < -0.4 is 9.46 Å². The first-order valence-electron chi connectivity index (χ1n) is 7.38. The zero-order chi connectivity index (χ0) is 14.4. The molecule has 0 spiro atoms. The maximum absolute atomic E-state index is 11.9. The summed E-state index contributed by atoms with van der Waals surface area (Å²) in [4.78, 5) is 0.293. The normalized spacial score (nSPS) is 17.1. The van der Waals surface area contributed by atoms with Crippen LogP contribution in [-0.2, 0) is 10.0 Å². The molecule has 4 nitrogen and oxygen atoms in total. The second kappa shape index (κ2) is 7.09. The number of rotatable bonds is 6. The molecule has 1 N–H and O–H groups in total. The maximum atomic E-state index is 11.9. The molecule has 2 rings (SSSR count). The van der Waals surface area contributed by atoms with Crippen LogP contribution in [-0.4, -0.2) is 21.1 Å². The van der Waals surface area contributed by atoms with Gasteiger partial charge in [0.2, 0.25) is 10.0 Å². The van der Waals surface area contributed by atoms with Gasteiger partial charge in [-0.15, -0.1) is 0 Å². The molecule has 1 aliphatic rings. The van der Waals surface area contributed by atoms with Crippen molar-refractivity contribution in [3.63, 3.8) is 0 Å². The number of nitrogens with one attached hydrogen (secondary N) is 1. The van der Waals surface area contributed by atoms with E-state index >= 15 is 0 Å². The Labute approximate surface area is 121 Å². The monoisotopic (exact) mass is 297 g/mol. The van der Waals surface area contributed by atoms with Gasteiger partial charge in [-0.1, -0.05) is 13.3 Å². The summed E-state index contributed by atoms with van der Waals surface area (Å²) in [5.41, 5.74) is 0. The second-order valence-corrected chi connectivity index (χ2v) is 7.01. The molecule has 0 aromatic heterocycles. The van der Waals surface area contributed by atoms with E-state index in [-0.39, 0.29) is 6.10 Å². The van der Waals surface area contributed by atoms with Crippen molar-refractivity contribution < 1.29 is 13.2 Å². The van der Waals surface area contributed by atoms with Gasteiger partial charge in [0.25, 0.3) is 0 Å². The Bertz CT molecular complexity index is 504. The third-order valence-electron chi connectivity index (χ3n) is 3.53. The van der Waals surface area contributed by atoms with Crippen LogP contribution in [0.15, 0.2) is 29.2 Å². The molecule has 0 radical (unpaired) electrons. The summed E-state index contributed by atoms with van der Waals surface area (Å²) in [6.07, 6.45) is 6.98. The molecule has 1 saturated carbocycles. The molecule has 5 heteroatoms. The van der Waals surface area contributed by atoms with E-state index < -0.39 is 10.0 Å². The predicted octanol–water partition coefficient (Wildman–Crippen LogP) is 3.09. The van der Waals surface area contributed by atoms with Gasteiger partial charge in [-0.3, -0.25) is 0 Å². The fourth-order valence-corrected chi connectivity index (χ4v) is 3.53. The van der Waals surface area contributed by atoms with E-state index in [0.717, 1.165) is 25.0 Å². The molecular weight excluding hydrogens is 274 g/mol. The smallest absolute Gasteiger partial charge is 0.240 e. The van der Waals surface area contributed by atoms with Crippen molar-refractivity contribution in [1.29, 1.82) is 0 Å². The summed E-state index contributed by atoms with van der Waals surface area (Å²) in [6, 6.07) is 6.70. The van der Waals surface area contributed by atoms with Crippen LogP contribution in [0.25, 0.3) is 0 Å². The summed E-state index contributed by atoms with van der Waals surface area (Å²) in [5, 5.41) is 0. The quantitative estimate of drug-likeness (QED) is 0.878. The van der Waals surface area contributed by atoms with Gasteiger partial charge in [-0.2, -0.15) is 0 Å². The zero-order valence-electron chi connectivity index (χ0n) is 12.0. The Hall–Kier alpha value is -1.07. The molecule has 0 amide bonds. The molecule has 20 heavy (non-hydrogen) atoms. The molecule has 0 saturated heterocycles. The fraction of sp³-hybridized carbons (Fsp3) is 0.600. The average molecular weight is 297 g/mol. The lowest BCUT2D eigenvalue weighted by Gasteiger charge is -2.23. The largest absolute Gasteiger partial charge is 0.490 e. The van der Waals surface area contributed by atoms with E-state index in [1.807, 2.05) is 6.92 Å². The van der Waals surface area contributed by atoms with Gasteiger partial charge in [0.15, 0.2) is 0 Å². The van der Waals surface area contributed by atoms with Crippen molar-refractivity contribution in [3.8, 4) is 5.75 Å². The standard InChI is InChI=1S/C15H23NO3S/c1-2-12-16-20(17,18)15-10-8-14(9-11-15)19-13-6-4-3-5-7-13/h8-11,13,16H,2-7,12H2,1H3. The highest BCUT2D eigenvalue weighted by atomic mass is 32.2. The molecule has 0 atom stereocenters. The molecule has 1 aromatic carbocycles. The molecule has 0 heterocycles. The highest BCUT2D eigenvalue weighted by molar-refractivity contribution is 7.89. The highest BCUT2D eigenvalue weighted by Crippen LogP contribution is 2.24. The lowest BCUT2D eigenvalue weighted by Crippen LogP contribution is -2.24. The van der Waals surface area contributed by atoms with Crippen molar-refractivity contribution in [2.24, 2.45) is 0 Å². The van der Waals surface area contributed by atoms with E-state index in [1.54, 1.807) is 24.3 Å². The summed E-state index contributed by atoms with van der Waals surface area (Å²) in [5.74, 6) is 0.756. The van der Waals surface area contributed by atoms with Gasteiger partial charge in [0.1, 0.15) is 5.75 Å². The Morgan fingerprint density at radius 3 is 2.40 bits per heavy atom. The number of hydrogen-bond acceptors (Lipinski definition) is 3. The van der Waals surface area contributed by atoms with Crippen molar-refractivity contribution >= 4 is 10.0 Å². The Morgan fingerprint density at radius 1 is 1.15 bits per heavy atom. The van der Waals surface area contributed by atoms with Gasteiger partial charge in [-0.25, -0.2) is 13.1 Å². The molecule has 1 aliphatic carbocycles. The summed E-state index contributed by atoms with van der Waals surface area (Å²) >= 11 is 0. The third-order valence-corrected chi connectivity index (χ3v) is 5.01. The van der Waals surface area contributed by atoms with Gasteiger partial charge in [0, 0.05) is 6.54 Å². The maximum Gasteiger partial charge on any atom is 0.240 e. The first kappa shape index (κ1) is 15.3. The van der Waals surface area contributed by atoms with E-state index in [2.05, 4.69) is 4.72 Å². The Morgan fingerprint density at radius 2 is 1.80 bits per heavy atom. The summed E-state index contributed by atoms with van der Waals surface area (Å²) < 4.78 is 32.3. The first-order chi connectivity index (χ1) is 9.62. The molecule has 0 bridgehead atoms. The van der Waals surface area contributed by atoms with Crippen LogP contribution in [0.2, 0.25) is 0 Å². The van der Waals surface area contributed by atoms with Crippen LogP contribution in [0.3, 0.4) is 0 Å². The SMILES string of the molecule is CCCNS(=O)(=O)c1ccc(OC2CCCCC2)cc1. The Kier molecular flexibility index (Phi) is 5.43. The molecular formula is C15H23NO3S. The zero-order valence-corrected chi connectivity index (χ0v) is 12.8. The molecule has 1 aromatic rings. The fourth-order valence-electron chi connectivity index (χ4n) is 2.39. The molecule has 112 valence electrons. The topological polar surface area (TPSA) is 55.4 Å². The number of ether oxygens (including phenoxy) is 1. The highest BCUT2D eigenvalue weighted by Gasteiger charge is 2.16. The van der Waals surface area contributed by atoms with E-state index in [0.29, 0.717) is 11.4 Å². The van der Waals surface area contributed by atoms with Crippen molar-refractivity contribution in [3.05, 3.63) is 24.3 Å². The van der Waals surface area contributed by atoms with Gasteiger partial charge in [-0.05, 0) is 56.4 Å². The van der Waals surface area contributed by atoms with Gasteiger partial charge in [0.05, 0.1) is 11.0 Å². The number of hydrogen-bond donors (Lipinski definition) is 1. The van der Waals surface area contributed by atoms with Crippen molar-refractivity contribution in [2.75, 3.05) is 6.54 Å². The summed E-state index contributed by atoms with van der Waals surface area (Å²) in [6.45, 7) is 2.40. The number of sulfonamides is 1. The second-order valence-electron chi connectivity index (χ2n) is 5.25. The van der Waals surface area contributed by atoms with Crippen LogP contribution in [0.1, 0.15) is 45.4 Å². The minimum Gasteiger partial charge on any atom is -0.490 e. The van der Waals surface area contributed by atoms with Crippen molar-refractivity contribution in [1.82, 2.24) is 4.72 Å². The first-order valence-corrected chi connectivity index (χ1v) is 8.86. The van der Waals surface area contributed by atoms with E-state index in [4.69, 9.17) is 4.74 Å². The summed E-state index contributed by atoms with van der Waals surface area (Å²) in [7, 11) is -3.38. The van der Waals surface area contributed by atoms with Gasteiger partial charge >= 0.3 is 0 Å². The third kappa shape index (κ3) is 4.21. The van der Waals surface area contributed by atoms with Crippen LogP contribution in [0.4, 0.5) is 0 Å². The van der Waals surface area contributed by atoms with Crippen LogP contribution >= 0.6 is 0 Å². The molecule has 1 fully saturated rings. The van der Waals surface area contributed by atoms with E-state index in [9.17, 15) is 8.42 Å². The minimum absolute atomic E-state index is 0.282. The number of benzene rings is 1. The van der Waals surface area contributed by atoms with Crippen molar-refractivity contribution in [2.45, 2.75) is 56.4 Å². The lowest BCUT2D eigenvalue weighted by atomic mass is 9.98. The lowest BCUT2D eigenvalue weighted by molar-refractivity contribution is 0.155. The van der Waals surface area contributed by atoms with Crippen LogP contribution in [0.5, 0.6) is 5.75 Å². The average Bonchev–Trinajstić information content (AvgIpc) is 2.47. The predicted molar refractivity (Wildman–Crippen MR) is 79.4 cm³/mol.